The first-order chi connectivity index (χ1) is 10.3. The number of hydrogen-bond donors (Lipinski definition) is 0. The summed E-state index contributed by atoms with van der Waals surface area (Å²) in [7, 11) is 4.29. The molecule has 2 nitrogen and oxygen atoms in total. The molecule has 0 N–H and O–H groups in total. The monoisotopic (exact) mass is 296 g/mol. The van der Waals surface area contributed by atoms with Crippen LogP contribution in [-0.4, -0.2) is 32.1 Å². The van der Waals surface area contributed by atoms with Crippen LogP contribution in [0.25, 0.3) is 0 Å². The topological polar surface area (TPSA) is 6.48 Å². The Labute approximate surface area is 135 Å². The molecule has 2 heteroatoms. The maximum Gasteiger partial charge on any atom is 0.0443 e. The van der Waals surface area contributed by atoms with Crippen LogP contribution in [0.4, 0.5) is 11.4 Å². The van der Waals surface area contributed by atoms with Gasteiger partial charge in [-0.1, -0.05) is 43.8 Å². The van der Waals surface area contributed by atoms with Crippen LogP contribution in [0.5, 0.6) is 0 Å². The Hall–Kier alpha value is -1.80. The van der Waals surface area contributed by atoms with Gasteiger partial charge >= 0.3 is 0 Å². The molecule has 0 unspecified atom stereocenters. The molecule has 0 amide bonds. The van der Waals surface area contributed by atoms with E-state index in [0.717, 1.165) is 25.9 Å². The molecule has 1 aliphatic heterocycles. The van der Waals surface area contributed by atoms with E-state index in [9.17, 15) is 0 Å². The highest BCUT2D eigenvalue weighted by molar-refractivity contribution is 5.71. The van der Waals surface area contributed by atoms with Gasteiger partial charge in [0.1, 0.15) is 0 Å². The zero-order valence-electron chi connectivity index (χ0n) is 13.0. The summed E-state index contributed by atoms with van der Waals surface area (Å²) in [5.41, 5.74) is 5.72. The van der Waals surface area contributed by atoms with E-state index in [4.69, 9.17) is 0 Å². The van der Waals surface area contributed by atoms with E-state index >= 15 is 0 Å². The number of rotatable bonds is 4. The van der Waals surface area contributed by atoms with E-state index in [1.54, 1.807) is 0 Å². The van der Waals surface area contributed by atoms with E-state index in [1.165, 1.54) is 28.9 Å². The number of nitrogens with zero attached hydrogens (tertiary/aromatic N) is 2. The summed E-state index contributed by atoms with van der Waals surface area (Å²) in [6.45, 7) is 2.20. The van der Waals surface area contributed by atoms with Gasteiger partial charge < -0.3 is 9.80 Å². The van der Waals surface area contributed by atoms with Crippen LogP contribution >= 0.6 is 0 Å². The quantitative estimate of drug-likeness (QED) is 0.819. The van der Waals surface area contributed by atoms with E-state index < -0.39 is 0 Å². The van der Waals surface area contributed by atoms with Crippen LogP contribution in [0.2, 0.25) is 0 Å². The summed E-state index contributed by atoms with van der Waals surface area (Å²) in [6.07, 6.45) is 3.45. The summed E-state index contributed by atoms with van der Waals surface area (Å²) in [6, 6.07) is 17.7. The van der Waals surface area contributed by atoms with Crippen LogP contribution in [0, 0.1) is 0 Å². The third kappa shape index (κ3) is 3.50. The maximum absolute atomic E-state index is 2.52. The second-order valence-electron chi connectivity index (χ2n) is 6.07. The molecule has 0 fully saturated rings. The van der Waals surface area contributed by atoms with Gasteiger partial charge in [0.25, 0.3) is 0 Å². The van der Waals surface area contributed by atoms with E-state index in [0.29, 0.717) is 0 Å². The van der Waals surface area contributed by atoms with Crippen molar-refractivity contribution in [2.45, 2.75) is 26.7 Å². The summed E-state index contributed by atoms with van der Waals surface area (Å²) in [4.78, 5) is 4.77. The summed E-state index contributed by atoms with van der Waals surface area (Å²) >= 11 is 0. The van der Waals surface area contributed by atoms with Crippen LogP contribution < -0.4 is 4.90 Å². The summed E-state index contributed by atoms with van der Waals surface area (Å²) in [5, 5.41) is 0. The highest BCUT2D eigenvalue weighted by atomic mass is 15.1. The van der Waals surface area contributed by atoms with Gasteiger partial charge in [-0.15, -0.1) is 0 Å². The lowest BCUT2D eigenvalue weighted by atomic mass is 10.0. The van der Waals surface area contributed by atoms with Crippen LogP contribution in [0.1, 0.15) is 25.0 Å². The number of aryl methyl sites for hydroxylation is 2. The van der Waals surface area contributed by atoms with E-state index in [1.807, 2.05) is 0 Å². The Morgan fingerprint density at radius 1 is 0.864 bits per heavy atom. The number of hydrogen-bond acceptors (Lipinski definition) is 2. The van der Waals surface area contributed by atoms with Crippen LogP contribution in [0.3, 0.4) is 0 Å². The smallest absolute Gasteiger partial charge is 0.0443 e. The third-order valence-electron chi connectivity index (χ3n) is 4.22. The molecule has 0 bridgehead atoms. The van der Waals surface area contributed by atoms with Gasteiger partial charge in [-0.05, 0) is 63.2 Å². The zero-order chi connectivity index (χ0) is 14.7. The Kier molecular flexibility index (Phi) is 5.62. The first-order valence-corrected chi connectivity index (χ1v) is 7.84. The van der Waals surface area contributed by atoms with Crippen molar-refractivity contribution < 1.29 is 0 Å². The van der Waals surface area contributed by atoms with Crippen molar-refractivity contribution >= 4 is 11.4 Å². The molecule has 0 spiro atoms. The minimum absolute atomic E-state index is 0. The number of fused-ring (bicyclic) bond motifs is 2. The average Bonchev–Trinajstić information content (AvgIpc) is 2.65. The van der Waals surface area contributed by atoms with E-state index in [2.05, 4.69) is 72.4 Å². The lowest BCUT2D eigenvalue weighted by Crippen LogP contribution is -2.23. The molecule has 3 rings (SSSR count). The molecule has 0 radical (unpaired) electrons. The molecule has 2 aromatic rings. The molecule has 2 aromatic carbocycles. The predicted molar refractivity (Wildman–Crippen MR) is 97.2 cm³/mol. The van der Waals surface area contributed by atoms with Gasteiger partial charge in [0.15, 0.2) is 0 Å². The molecule has 1 heterocycles. The largest absolute Gasteiger partial charge is 0.341 e. The van der Waals surface area contributed by atoms with Crippen molar-refractivity contribution in [3.63, 3.8) is 0 Å². The molecular weight excluding hydrogens is 268 g/mol. The number of benzene rings is 2. The van der Waals surface area contributed by atoms with E-state index in [-0.39, 0.29) is 7.43 Å². The molecule has 22 heavy (non-hydrogen) atoms. The van der Waals surface area contributed by atoms with Crippen LogP contribution in [-0.2, 0) is 12.8 Å². The predicted octanol–water partition coefficient (Wildman–Crippen LogP) is 4.51. The molecule has 1 aliphatic rings. The Morgan fingerprint density at radius 3 is 1.86 bits per heavy atom. The molecule has 0 atom stereocenters. The van der Waals surface area contributed by atoms with Crippen molar-refractivity contribution in [1.82, 2.24) is 4.90 Å². The van der Waals surface area contributed by atoms with Gasteiger partial charge in [-0.25, -0.2) is 0 Å². The second-order valence-corrected chi connectivity index (χ2v) is 6.07. The maximum atomic E-state index is 2.52. The van der Waals surface area contributed by atoms with Crippen molar-refractivity contribution in [3.8, 4) is 0 Å². The lowest BCUT2D eigenvalue weighted by Gasteiger charge is -2.27. The highest BCUT2D eigenvalue weighted by Crippen LogP contribution is 2.35. The number of anilines is 2. The van der Waals surface area contributed by atoms with Gasteiger partial charge in [-0.2, -0.15) is 0 Å². The average molecular weight is 296 g/mol. The fourth-order valence-electron chi connectivity index (χ4n) is 3.16. The minimum atomic E-state index is 0. The Morgan fingerprint density at radius 2 is 1.36 bits per heavy atom. The van der Waals surface area contributed by atoms with Gasteiger partial charge in [-0.3, -0.25) is 0 Å². The Balaban J connectivity index is 0.00000176. The van der Waals surface area contributed by atoms with Crippen molar-refractivity contribution in [1.29, 1.82) is 0 Å². The molecular formula is C20H28N2. The normalized spacial score (nSPS) is 13.1. The van der Waals surface area contributed by atoms with Gasteiger partial charge in [0.2, 0.25) is 0 Å². The van der Waals surface area contributed by atoms with Crippen molar-refractivity contribution in [2.75, 3.05) is 32.1 Å². The Bertz CT molecular complexity index is 557. The van der Waals surface area contributed by atoms with Crippen molar-refractivity contribution in [2.24, 2.45) is 0 Å². The van der Waals surface area contributed by atoms with Gasteiger partial charge in [0, 0.05) is 17.9 Å². The minimum Gasteiger partial charge on any atom is -0.341 e. The summed E-state index contributed by atoms with van der Waals surface area (Å²) < 4.78 is 0. The lowest BCUT2D eigenvalue weighted by molar-refractivity contribution is 0.402. The molecule has 0 saturated heterocycles. The highest BCUT2D eigenvalue weighted by Gasteiger charge is 2.19. The first kappa shape index (κ1) is 16.6. The molecule has 0 aliphatic carbocycles. The van der Waals surface area contributed by atoms with Crippen LogP contribution in [0.15, 0.2) is 48.5 Å². The molecule has 118 valence electrons. The SMILES string of the molecule is C.CN(C)CCCN1c2ccccc2CCc2ccccc21. The second kappa shape index (κ2) is 7.46. The zero-order valence-corrected chi connectivity index (χ0v) is 13.0. The third-order valence-corrected chi connectivity index (χ3v) is 4.22. The van der Waals surface area contributed by atoms with Gasteiger partial charge in [0.05, 0.1) is 0 Å². The molecule has 0 aromatic heterocycles. The number of para-hydroxylation sites is 2. The standard InChI is InChI=1S/C19H24N2.CH4/c1-20(2)14-7-15-21-18-10-5-3-8-16(18)12-13-17-9-4-6-11-19(17)21;/h3-6,8-11H,7,12-15H2,1-2H3;1H4. The fraction of sp³-hybridized carbons (Fsp3) is 0.400. The van der Waals surface area contributed by atoms with Crippen molar-refractivity contribution in [3.05, 3.63) is 59.7 Å². The summed E-state index contributed by atoms with van der Waals surface area (Å²) in [5.74, 6) is 0. The molecule has 0 saturated carbocycles. The fourth-order valence-corrected chi connectivity index (χ4v) is 3.16. The first-order valence-electron chi connectivity index (χ1n) is 7.84.